The first kappa shape index (κ1) is 12.3. The Kier molecular flexibility index (Phi) is 4.22. The van der Waals surface area contributed by atoms with Crippen molar-refractivity contribution >= 4 is 0 Å². The van der Waals surface area contributed by atoms with E-state index < -0.39 is 0 Å². The summed E-state index contributed by atoms with van der Waals surface area (Å²) in [4.78, 5) is 0. The fraction of sp³-hybridized carbons (Fsp3) is 1.00. The van der Waals surface area contributed by atoms with Gasteiger partial charge in [0, 0.05) is 12.1 Å². The molecular formula is C13H25NO2. The lowest BCUT2D eigenvalue weighted by molar-refractivity contribution is 0.0403. The molecule has 2 unspecified atom stereocenters. The van der Waals surface area contributed by atoms with Crippen molar-refractivity contribution in [3.05, 3.63) is 0 Å². The SMILES string of the molecule is CCCNC1(CO)CCC(OCC2CC2)C1. The van der Waals surface area contributed by atoms with Gasteiger partial charge in [-0.1, -0.05) is 6.92 Å². The summed E-state index contributed by atoms with van der Waals surface area (Å²) in [6, 6.07) is 0. The van der Waals surface area contributed by atoms with Crippen LogP contribution in [-0.2, 0) is 4.74 Å². The quantitative estimate of drug-likeness (QED) is 0.695. The molecule has 0 radical (unpaired) electrons. The van der Waals surface area contributed by atoms with Crippen molar-refractivity contribution in [1.29, 1.82) is 0 Å². The molecule has 0 saturated heterocycles. The van der Waals surface area contributed by atoms with Crippen molar-refractivity contribution in [2.75, 3.05) is 19.8 Å². The molecule has 16 heavy (non-hydrogen) atoms. The monoisotopic (exact) mass is 227 g/mol. The van der Waals surface area contributed by atoms with E-state index >= 15 is 0 Å². The second-order valence-corrected chi connectivity index (χ2v) is 5.51. The minimum Gasteiger partial charge on any atom is -0.394 e. The highest BCUT2D eigenvalue weighted by atomic mass is 16.5. The Morgan fingerprint density at radius 1 is 1.38 bits per heavy atom. The van der Waals surface area contributed by atoms with Crippen LogP contribution in [0, 0.1) is 5.92 Å². The van der Waals surface area contributed by atoms with Gasteiger partial charge in [-0.2, -0.15) is 0 Å². The lowest BCUT2D eigenvalue weighted by Gasteiger charge is -2.28. The van der Waals surface area contributed by atoms with Crippen LogP contribution in [0.1, 0.15) is 45.4 Å². The van der Waals surface area contributed by atoms with E-state index in [0.717, 1.165) is 44.8 Å². The average molecular weight is 227 g/mol. The largest absolute Gasteiger partial charge is 0.394 e. The van der Waals surface area contributed by atoms with Crippen molar-refractivity contribution in [3.63, 3.8) is 0 Å². The zero-order valence-corrected chi connectivity index (χ0v) is 10.4. The van der Waals surface area contributed by atoms with Crippen LogP contribution in [0.25, 0.3) is 0 Å². The van der Waals surface area contributed by atoms with E-state index in [2.05, 4.69) is 12.2 Å². The molecular weight excluding hydrogens is 202 g/mol. The Morgan fingerprint density at radius 2 is 2.19 bits per heavy atom. The minimum atomic E-state index is -0.0514. The molecule has 0 bridgehead atoms. The molecule has 2 atom stereocenters. The van der Waals surface area contributed by atoms with Gasteiger partial charge in [0.05, 0.1) is 12.7 Å². The van der Waals surface area contributed by atoms with Gasteiger partial charge in [0.2, 0.25) is 0 Å². The molecule has 3 nitrogen and oxygen atoms in total. The summed E-state index contributed by atoms with van der Waals surface area (Å²) >= 11 is 0. The van der Waals surface area contributed by atoms with Crippen LogP contribution in [0.3, 0.4) is 0 Å². The molecule has 0 amide bonds. The third-order valence-electron chi connectivity index (χ3n) is 3.88. The van der Waals surface area contributed by atoms with Gasteiger partial charge in [0.25, 0.3) is 0 Å². The number of rotatable bonds is 7. The van der Waals surface area contributed by atoms with Crippen molar-refractivity contribution < 1.29 is 9.84 Å². The number of hydrogen-bond donors (Lipinski definition) is 2. The van der Waals surface area contributed by atoms with E-state index in [4.69, 9.17) is 4.74 Å². The number of hydrogen-bond acceptors (Lipinski definition) is 3. The van der Waals surface area contributed by atoms with Crippen LogP contribution in [0.15, 0.2) is 0 Å². The first-order valence-corrected chi connectivity index (χ1v) is 6.75. The lowest BCUT2D eigenvalue weighted by Crippen LogP contribution is -2.47. The molecule has 0 aromatic carbocycles. The summed E-state index contributed by atoms with van der Waals surface area (Å²) in [5.74, 6) is 0.840. The molecule has 94 valence electrons. The van der Waals surface area contributed by atoms with Crippen molar-refractivity contribution in [2.24, 2.45) is 5.92 Å². The summed E-state index contributed by atoms with van der Waals surface area (Å²) < 4.78 is 5.91. The van der Waals surface area contributed by atoms with Crippen molar-refractivity contribution in [1.82, 2.24) is 5.32 Å². The van der Waals surface area contributed by atoms with Gasteiger partial charge in [-0.05, 0) is 51.0 Å². The summed E-state index contributed by atoms with van der Waals surface area (Å²) in [6.07, 6.45) is 7.34. The minimum absolute atomic E-state index is 0.0514. The van der Waals surface area contributed by atoms with Crippen molar-refractivity contribution in [3.8, 4) is 0 Å². The highest BCUT2D eigenvalue weighted by Gasteiger charge is 2.39. The molecule has 0 aromatic heterocycles. The molecule has 2 rings (SSSR count). The van der Waals surface area contributed by atoms with Crippen LogP contribution in [0.2, 0.25) is 0 Å². The van der Waals surface area contributed by atoms with Crippen LogP contribution >= 0.6 is 0 Å². The molecule has 2 saturated carbocycles. The van der Waals surface area contributed by atoms with Gasteiger partial charge in [-0.25, -0.2) is 0 Å². The Morgan fingerprint density at radius 3 is 2.81 bits per heavy atom. The van der Waals surface area contributed by atoms with E-state index in [1.807, 2.05) is 0 Å². The Balaban J connectivity index is 1.73. The predicted octanol–water partition coefficient (Wildman–Crippen LogP) is 1.70. The molecule has 0 aromatic rings. The maximum absolute atomic E-state index is 9.53. The standard InChI is InChI=1S/C13H25NO2/c1-2-7-14-13(10-15)6-5-12(8-13)16-9-11-3-4-11/h11-12,14-15H,2-10H2,1H3. The normalized spacial score (nSPS) is 34.5. The number of nitrogens with one attached hydrogen (secondary N) is 1. The average Bonchev–Trinajstić information content (AvgIpc) is 3.05. The van der Waals surface area contributed by atoms with Gasteiger partial charge >= 0.3 is 0 Å². The zero-order chi connectivity index (χ0) is 11.4. The number of aliphatic hydroxyl groups is 1. The Bertz CT molecular complexity index is 218. The highest BCUT2D eigenvalue weighted by Crippen LogP contribution is 2.34. The van der Waals surface area contributed by atoms with E-state index in [9.17, 15) is 5.11 Å². The van der Waals surface area contributed by atoms with E-state index in [1.165, 1.54) is 12.8 Å². The first-order chi connectivity index (χ1) is 7.78. The predicted molar refractivity (Wildman–Crippen MR) is 64.4 cm³/mol. The maximum atomic E-state index is 9.53. The fourth-order valence-corrected chi connectivity index (χ4v) is 2.53. The van der Waals surface area contributed by atoms with Crippen LogP contribution in [0.4, 0.5) is 0 Å². The van der Waals surface area contributed by atoms with Gasteiger partial charge < -0.3 is 15.2 Å². The number of ether oxygens (including phenoxy) is 1. The Hall–Kier alpha value is -0.120. The molecule has 0 spiro atoms. The number of aliphatic hydroxyl groups excluding tert-OH is 1. The molecule has 2 N–H and O–H groups in total. The van der Waals surface area contributed by atoms with Crippen LogP contribution < -0.4 is 5.32 Å². The van der Waals surface area contributed by atoms with Crippen molar-refractivity contribution in [2.45, 2.75) is 57.1 Å². The summed E-state index contributed by atoms with van der Waals surface area (Å²) in [5.41, 5.74) is -0.0514. The first-order valence-electron chi connectivity index (χ1n) is 6.75. The zero-order valence-electron chi connectivity index (χ0n) is 10.4. The van der Waals surface area contributed by atoms with Gasteiger partial charge in [-0.15, -0.1) is 0 Å². The Labute approximate surface area is 98.6 Å². The second kappa shape index (κ2) is 5.48. The maximum Gasteiger partial charge on any atom is 0.0614 e. The third-order valence-corrected chi connectivity index (χ3v) is 3.88. The second-order valence-electron chi connectivity index (χ2n) is 5.51. The van der Waals surface area contributed by atoms with Crippen LogP contribution in [0.5, 0.6) is 0 Å². The molecule has 2 fully saturated rings. The summed E-state index contributed by atoms with van der Waals surface area (Å²) in [7, 11) is 0. The summed E-state index contributed by atoms with van der Waals surface area (Å²) in [5, 5.41) is 13.0. The molecule has 0 aliphatic heterocycles. The highest BCUT2D eigenvalue weighted by molar-refractivity contribution is 4.96. The van der Waals surface area contributed by atoms with Gasteiger partial charge in [0.1, 0.15) is 0 Å². The molecule has 0 heterocycles. The lowest BCUT2D eigenvalue weighted by atomic mass is 9.98. The fourth-order valence-electron chi connectivity index (χ4n) is 2.53. The van der Waals surface area contributed by atoms with E-state index in [-0.39, 0.29) is 12.1 Å². The van der Waals surface area contributed by atoms with Crippen LogP contribution in [-0.4, -0.2) is 36.5 Å². The van der Waals surface area contributed by atoms with Gasteiger partial charge in [-0.3, -0.25) is 0 Å². The third kappa shape index (κ3) is 3.19. The smallest absolute Gasteiger partial charge is 0.0614 e. The summed E-state index contributed by atoms with van der Waals surface area (Å²) in [6.45, 7) is 4.35. The molecule has 2 aliphatic carbocycles. The van der Waals surface area contributed by atoms with E-state index in [1.54, 1.807) is 0 Å². The van der Waals surface area contributed by atoms with E-state index in [0.29, 0.717) is 6.10 Å². The molecule has 3 heteroatoms. The molecule has 2 aliphatic rings. The van der Waals surface area contributed by atoms with Gasteiger partial charge in [0.15, 0.2) is 0 Å². The topological polar surface area (TPSA) is 41.5 Å².